The van der Waals surface area contributed by atoms with Crippen LogP contribution in [-0.2, 0) is 0 Å². The Morgan fingerprint density at radius 3 is 2.57 bits per heavy atom. The second kappa shape index (κ2) is 4.91. The summed E-state index contributed by atoms with van der Waals surface area (Å²) in [6.07, 6.45) is 1.68. The highest BCUT2D eigenvalue weighted by Crippen LogP contribution is 2.15. The average molecular weight is 194 g/mol. The summed E-state index contributed by atoms with van der Waals surface area (Å²) < 4.78 is 0. The summed E-state index contributed by atoms with van der Waals surface area (Å²) in [5.41, 5.74) is 5.66. The molecule has 1 unspecified atom stereocenters. The minimum absolute atomic E-state index is 0.284. The Hall–Kier alpha value is -1.16. The minimum Gasteiger partial charge on any atom is -0.349 e. The average Bonchev–Trinajstić information content (AvgIpc) is 2.19. The predicted molar refractivity (Wildman–Crippen MR) is 58.2 cm³/mol. The highest BCUT2D eigenvalue weighted by molar-refractivity contribution is 5.38. The molecule has 1 aromatic rings. The van der Waals surface area contributed by atoms with Gasteiger partial charge in [-0.1, -0.05) is 0 Å². The fourth-order valence-electron chi connectivity index (χ4n) is 1.54. The van der Waals surface area contributed by atoms with Gasteiger partial charge >= 0.3 is 0 Å². The Bertz CT molecular complexity index is 260. The van der Waals surface area contributed by atoms with Gasteiger partial charge in [0.05, 0.1) is 0 Å². The van der Waals surface area contributed by atoms with Crippen molar-refractivity contribution in [2.75, 3.05) is 11.4 Å². The maximum Gasteiger partial charge on any atom is 0.151 e. The molecule has 0 amide bonds. The molecule has 78 valence electrons. The maximum atomic E-state index is 5.66. The van der Waals surface area contributed by atoms with E-state index in [1.54, 1.807) is 6.20 Å². The Balaban J connectivity index is 2.89. The summed E-state index contributed by atoms with van der Waals surface area (Å²) in [6, 6.07) is 4.51. The fraction of sp³-hybridized carbons (Fsp3) is 0.600. The molecule has 1 atom stereocenters. The summed E-state index contributed by atoms with van der Waals surface area (Å²) in [4.78, 5) is 2.17. The summed E-state index contributed by atoms with van der Waals surface area (Å²) >= 11 is 0. The molecule has 4 nitrogen and oxygen atoms in total. The van der Waals surface area contributed by atoms with Crippen LogP contribution in [0.15, 0.2) is 18.3 Å². The molecule has 1 rings (SSSR count). The van der Waals surface area contributed by atoms with E-state index in [9.17, 15) is 0 Å². The van der Waals surface area contributed by atoms with Crippen molar-refractivity contribution in [3.63, 3.8) is 0 Å². The first kappa shape index (κ1) is 10.9. The van der Waals surface area contributed by atoms with E-state index in [4.69, 9.17) is 5.73 Å². The zero-order valence-electron chi connectivity index (χ0n) is 9.01. The van der Waals surface area contributed by atoms with Crippen LogP contribution in [0.1, 0.15) is 20.8 Å². The Morgan fingerprint density at radius 1 is 1.43 bits per heavy atom. The largest absolute Gasteiger partial charge is 0.349 e. The first-order chi connectivity index (χ1) is 6.66. The SMILES string of the molecule is CC(C)N(c1cccnn1)C(C)CN. The topological polar surface area (TPSA) is 55.0 Å². The van der Waals surface area contributed by atoms with Crippen LogP contribution in [0.2, 0.25) is 0 Å². The molecular weight excluding hydrogens is 176 g/mol. The molecule has 0 saturated heterocycles. The van der Waals surface area contributed by atoms with Crippen LogP contribution >= 0.6 is 0 Å². The normalized spacial score (nSPS) is 12.9. The Labute approximate surface area is 85.1 Å². The van der Waals surface area contributed by atoms with Crippen LogP contribution in [0, 0.1) is 0 Å². The minimum atomic E-state index is 0.284. The monoisotopic (exact) mass is 194 g/mol. The van der Waals surface area contributed by atoms with Gasteiger partial charge in [-0.2, -0.15) is 5.10 Å². The second-order valence-corrected chi connectivity index (χ2v) is 3.67. The van der Waals surface area contributed by atoms with Gasteiger partial charge in [0, 0.05) is 24.8 Å². The summed E-state index contributed by atoms with van der Waals surface area (Å²) in [7, 11) is 0. The van der Waals surface area contributed by atoms with Crippen molar-refractivity contribution in [2.24, 2.45) is 5.73 Å². The van der Waals surface area contributed by atoms with Crippen molar-refractivity contribution in [3.05, 3.63) is 18.3 Å². The lowest BCUT2D eigenvalue weighted by Crippen LogP contribution is -2.43. The van der Waals surface area contributed by atoms with Crippen molar-refractivity contribution in [2.45, 2.75) is 32.9 Å². The lowest BCUT2D eigenvalue weighted by atomic mass is 10.2. The molecule has 4 heteroatoms. The molecule has 1 heterocycles. The van der Waals surface area contributed by atoms with Gasteiger partial charge in [-0.25, -0.2) is 0 Å². The molecule has 0 aliphatic heterocycles. The number of nitrogens with two attached hydrogens (primary N) is 1. The van der Waals surface area contributed by atoms with Crippen molar-refractivity contribution >= 4 is 5.82 Å². The van der Waals surface area contributed by atoms with E-state index >= 15 is 0 Å². The molecule has 0 aliphatic rings. The summed E-state index contributed by atoms with van der Waals surface area (Å²) in [5.74, 6) is 0.889. The molecule has 0 bridgehead atoms. The molecule has 0 radical (unpaired) electrons. The zero-order chi connectivity index (χ0) is 10.6. The first-order valence-corrected chi connectivity index (χ1v) is 4.93. The van der Waals surface area contributed by atoms with Gasteiger partial charge in [0.25, 0.3) is 0 Å². The van der Waals surface area contributed by atoms with E-state index in [1.807, 2.05) is 12.1 Å². The van der Waals surface area contributed by atoms with Gasteiger partial charge in [0.1, 0.15) is 0 Å². The third kappa shape index (κ3) is 2.42. The van der Waals surface area contributed by atoms with E-state index in [0.29, 0.717) is 12.6 Å². The number of rotatable bonds is 4. The highest BCUT2D eigenvalue weighted by Gasteiger charge is 2.17. The maximum absolute atomic E-state index is 5.66. The molecule has 0 saturated carbocycles. The van der Waals surface area contributed by atoms with Gasteiger partial charge in [-0.3, -0.25) is 0 Å². The van der Waals surface area contributed by atoms with Crippen LogP contribution in [-0.4, -0.2) is 28.8 Å². The van der Waals surface area contributed by atoms with E-state index < -0.39 is 0 Å². The van der Waals surface area contributed by atoms with Crippen LogP contribution in [0.25, 0.3) is 0 Å². The molecule has 0 spiro atoms. The van der Waals surface area contributed by atoms with Crippen molar-refractivity contribution < 1.29 is 0 Å². The Kier molecular flexibility index (Phi) is 3.83. The Morgan fingerprint density at radius 2 is 2.14 bits per heavy atom. The van der Waals surface area contributed by atoms with E-state index in [-0.39, 0.29) is 6.04 Å². The van der Waals surface area contributed by atoms with Crippen molar-refractivity contribution in [3.8, 4) is 0 Å². The number of nitrogens with zero attached hydrogens (tertiary/aromatic N) is 3. The van der Waals surface area contributed by atoms with Crippen LogP contribution in [0.4, 0.5) is 5.82 Å². The van der Waals surface area contributed by atoms with Gasteiger partial charge in [-0.15, -0.1) is 5.10 Å². The summed E-state index contributed by atoms with van der Waals surface area (Å²) in [6.45, 7) is 6.96. The lowest BCUT2D eigenvalue weighted by Gasteiger charge is -2.32. The fourth-order valence-corrected chi connectivity index (χ4v) is 1.54. The standard InChI is InChI=1S/C10H18N4/c1-8(2)14(9(3)7-11)10-5-4-6-12-13-10/h4-6,8-9H,7,11H2,1-3H3. The van der Waals surface area contributed by atoms with Gasteiger partial charge in [-0.05, 0) is 32.9 Å². The lowest BCUT2D eigenvalue weighted by molar-refractivity contribution is 0.570. The third-order valence-corrected chi connectivity index (χ3v) is 2.20. The second-order valence-electron chi connectivity index (χ2n) is 3.67. The number of hydrogen-bond acceptors (Lipinski definition) is 4. The number of aromatic nitrogens is 2. The molecule has 14 heavy (non-hydrogen) atoms. The molecular formula is C10H18N4. The molecule has 0 aliphatic carbocycles. The van der Waals surface area contributed by atoms with E-state index in [1.165, 1.54) is 0 Å². The highest BCUT2D eigenvalue weighted by atomic mass is 15.3. The molecule has 1 aromatic heterocycles. The van der Waals surface area contributed by atoms with Gasteiger partial charge in [0.15, 0.2) is 5.82 Å². The van der Waals surface area contributed by atoms with E-state index in [2.05, 4.69) is 35.9 Å². The van der Waals surface area contributed by atoms with Gasteiger partial charge < -0.3 is 10.6 Å². The molecule has 0 fully saturated rings. The van der Waals surface area contributed by atoms with Crippen molar-refractivity contribution in [1.82, 2.24) is 10.2 Å². The van der Waals surface area contributed by atoms with Crippen LogP contribution in [0.5, 0.6) is 0 Å². The zero-order valence-corrected chi connectivity index (χ0v) is 9.01. The number of hydrogen-bond donors (Lipinski definition) is 1. The molecule has 0 aromatic carbocycles. The van der Waals surface area contributed by atoms with Crippen LogP contribution in [0.3, 0.4) is 0 Å². The number of anilines is 1. The smallest absolute Gasteiger partial charge is 0.151 e. The van der Waals surface area contributed by atoms with Crippen molar-refractivity contribution in [1.29, 1.82) is 0 Å². The molecule has 2 N–H and O–H groups in total. The quantitative estimate of drug-likeness (QED) is 0.778. The third-order valence-electron chi connectivity index (χ3n) is 2.20. The predicted octanol–water partition coefficient (Wildman–Crippen LogP) is 1.04. The summed E-state index contributed by atoms with van der Waals surface area (Å²) in [5, 5.41) is 7.96. The van der Waals surface area contributed by atoms with E-state index in [0.717, 1.165) is 5.82 Å². The van der Waals surface area contributed by atoms with Gasteiger partial charge in [0.2, 0.25) is 0 Å². The first-order valence-electron chi connectivity index (χ1n) is 4.93. The van der Waals surface area contributed by atoms with Crippen LogP contribution < -0.4 is 10.6 Å².